The highest BCUT2D eigenvalue weighted by atomic mass is 35.5. The number of para-hydroxylation sites is 1. The normalized spacial score (nSPS) is 17.0. The van der Waals surface area contributed by atoms with Crippen LogP contribution in [0.2, 0.25) is 5.02 Å². The number of nitrogens with zero attached hydrogens (tertiary/aromatic N) is 3. The van der Waals surface area contributed by atoms with Crippen molar-refractivity contribution in [1.29, 1.82) is 0 Å². The fraction of sp³-hybridized carbons (Fsp3) is 0.190. The standard InChI is InChI=1S/C21H17ClN4O2/c1-12-3-2-4-16(22)19(12)26-11-15(10-18(26)27)20-24-21(28-25-20)14-6-5-13-7-8-23-17(13)9-14/h2-9,15,23H,10-11H2,1H3. The molecule has 1 saturated heterocycles. The quantitative estimate of drug-likeness (QED) is 0.548. The number of rotatable bonds is 3. The van der Waals surface area contributed by atoms with E-state index in [1.807, 2.05) is 49.5 Å². The minimum atomic E-state index is -0.130. The van der Waals surface area contributed by atoms with Crippen LogP contribution in [-0.2, 0) is 4.79 Å². The van der Waals surface area contributed by atoms with E-state index in [-0.39, 0.29) is 11.8 Å². The number of aromatic amines is 1. The van der Waals surface area contributed by atoms with E-state index >= 15 is 0 Å². The minimum absolute atomic E-state index is 0.0142. The van der Waals surface area contributed by atoms with E-state index in [9.17, 15) is 4.79 Å². The van der Waals surface area contributed by atoms with Crippen molar-refractivity contribution in [3.05, 3.63) is 65.1 Å². The summed E-state index contributed by atoms with van der Waals surface area (Å²) in [4.78, 5) is 22.1. The Kier molecular flexibility index (Phi) is 3.94. The molecule has 0 radical (unpaired) electrons. The Morgan fingerprint density at radius 2 is 2.14 bits per heavy atom. The fourth-order valence-corrected chi connectivity index (χ4v) is 4.08. The molecule has 1 aliphatic rings. The van der Waals surface area contributed by atoms with E-state index in [1.54, 1.807) is 11.0 Å². The largest absolute Gasteiger partial charge is 0.361 e. The number of H-pyrrole nitrogens is 1. The molecule has 1 N–H and O–H groups in total. The van der Waals surface area contributed by atoms with Crippen molar-refractivity contribution < 1.29 is 9.32 Å². The molecular formula is C21H17ClN4O2. The van der Waals surface area contributed by atoms with Gasteiger partial charge in [0.1, 0.15) is 0 Å². The molecule has 1 atom stereocenters. The zero-order valence-electron chi connectivity index (χ0n) is 15.1. The second-order valence-electron chi connectivity index (χ2n) is 7.05. The lowest BCUT2D eigenvalue weighted by Gasteiger charge is -2.20. The van der Waals surface area contributed by atoms with E-state index in [2.05, 4.69) is 15.1 Å². The van der Waals surface area contributed by atoms with Gasteiger partial charge in [-0.2, -0.15) is 4.98 Å². The number of aryl methyl sites for hydroxylation is 1. The van der Waals surface area contributed by atoms with Crippen LogP contribution in [-0.4, -0.2) is 27.6 Å². The van der Waals surface area contributed by atoms with Gasteiger partial charge in [-0.1, -0.05) is 35.0 Å². The maximum absolute atomic E-state index is 12.6. The van der Waals surface area contributed by atoms with Crippen LogP contribution in [0.25, 0.3) is 22.4 Å². The number of aromatic nitrogens is 3. The molecule has 3 heterocycles. The van der Waals surface area contributed by atoms with E-state index in [4.69, 9.17) is 16.1 Å². The summed E-state index contributed by atoms with van der Waals surface area (Å²) < 4.78 is 5.48. The van der Waals surface area contributed by atoms with Gasteiger partial charge in [0.05, 0.1) is 10.7 Å². The summed E-state index contributed by atoms with van der Waals surface area (Å²) in [6.07, 6.45) is 2.22. The van der Waals surface area contributed by atoms with Crippen molar-refractivity contribution in [1.82, 2.24) is 15.1 Å². The van der Waals surface area contributed by atoms with Crippen LogP contribution in [0.1, 0.15) is 23.7 Å². The molecule has 1 amide bonds. The molecule has 0 saturated carbocycles. The van der Waals surface area contributed by atoms with Gasteiger partial charge in [0.2, 0.25) is 5.91 Å². The van der Waals surface area contributed by atoms with Crippen LogP contribution in [0, 0.1) is 6.92 Å². The van der Waals surface area contributed by atoms with E-state index in [1.165, 1.54) is 0 Å². The van der Waals surface area contributed by atoms with Crippen LogP contribution >= 0.6 is 11.6 Å². The molecule has 28 heavy (non-hydrogen) atoms. The molecule has 0 aliphatic carbocycles. The molecule has 0 spiro atoms. The lowest BCUT2D eigenvalue weighted by atomic mass is 10.1. The monoisotopic (exact) mass is 392 g/mol. The Morgan fingerprint density at radius 1 is 1.25 bits per heavy atom. The highest BCUT2D eigenvalue weighted by molar-refractivity contribution is 6.34. The lowest BCUT2D eigenvalue weighted by molar-refractivity contribution is -0.117. The van der Waals surface area contributed by atoms with Crippen LogP contribution in [0.5, 0.6) is 0 Å². The van der Waals surface area contributed by atoms with Crippen molar-refractivity contribution >= 4 is 34.1 Å². The van der Waals surface area contributed by atoms with E-state index in [0.29, 0.717) is 29.7 Å². The molecule has 4 aromatic rings. The van der Waals surface area contributed by atoms with Crippen LogP contribution in [0.15, 0.2) is 53.2 Å². The Bertz CT molecular complexity index is 1180. The third kappa shape index (κ3) is 2.77. The molecule has 0 bridgehead atoms. The number of fused-ring (bicyclic) bond motifs is 1. The zero-order valence-corrected chi connectivity index (χ0v) is 15.9. The number of hydrogen-bond acceptors (Lipinski definition) is 4. The number of benzene rings is 2. The van der Waals surface area contributed by atoms with E-state index < -0.39 is 0 Å². The predicted molar refractivity (Wildman–Crippen MR) is 107 cm³/mol. The van der Waals surface area contributed by atoms with Gasteiger partial charge in [0, 0.05) is 36.2 Å². The van der Waals surface area contributed by atoms with Crippen molar-refractivity contribution in [3.63, 3.8) is 0 Å². The number of nitrogens with one attached hydrogen (secondary N) is 1. The molecule has 6 nitrogen and oxygen atoms in total. The number of carbonyl (C=O) groups is 1. The first kappa shape index (κ1) is 17.0. The summed E-state index contributed by atoms with van der Waals surface area (Å²) >= 11 is 6.34. The molecule has 140 valence electrons. The second kappa shape index (κ2) is 6.49. The van der Waals surface area contributed by atoms with E-state index in [0.717, 1.165) is 27.7 Å². The van der Waals surface area contributed by atoms with Crippen molar-refractivity contribution in [3.8, 4) is 11.5 Å². The molecule has 2 aromatic carbocycles. The topological polar surface area (TPSA) is 75.0 Å². The number of halogens is 1. The number of anilines is 1. The van der Waals surface area contributed by atoms with Crippen LogP contribution in [0.3, 0.4) is 0 Å². The fourth-order valence-electron chi connectivity index (χ4n) is 3.76. The van der Waals surface area contributed by atoms with Gasteiger partial charge in [-0.25, -0.2) is 0 Å². The SMILES string of the molecule is Cc1cccc(Cl)c1N1CC(c2noc(-c3ccc4cc[nH]c4c3)n2)CC1=O. The maximum atomic E-state index is 12.6. The highest BCUT2D eigenvalue weighted by Gasteiger charge is 2.36. The molecule has 7 heteroatoms. The van der Waals surface area contributed by atoms with Crippen LogP contribution in [0.4, 0.5) is 5.69 Å². The lowest BCUT2D eigenvalue weighted by Crippen LogP contribution is -2.25. The average Bonchev–Trinajstić information content (AvgIpc) is 3.40. The van der Waals surface area contributed by atoms with Gasteiger partial charge in [-0.15, -0.1) is 0 Å². The minimum Gasteiger partial charge on any atom is -0.361 e. The predicted octanol–water partition coefficient (Wildman–Crippen LogP) is 4.70. The highest BCUT2D eigenvalue weighted by Crippen LogP contribution is 2.37. The molecule has 1 fully saturated rings. The summed E-state index contributed by atoms with van der Waals surface area (Å²) in [5.74, 6) is 0.878. The van der Waals surface area contributed by atoms with Gasteiger partial charge < -0.3 is 14.4 Å². The van der Waals surface area contributed by atoms with Gasteiger partial charge in [-0.3, -0.25) is 4.79 Å². The Labute approximate surface area is 166 Å². The summed E-state index contributed by atoms with van der Waals surface area (Å²) in [5, 5.41) is 5.83. The third-order valence-electron chi connectivity index (χ3n) is 5.19. The number of carbonyl (C=O) groups excluding carboxylic acids is 1. The Morgan fingerprint density at radius 3 is 3.00 bits per heavy atom. The number of hydrogen-bond donors (Lipinski definition) is 1. The molecule has 2 aromatic heterocycles. The Hall–Kier alpha value is -3.12. The first-order chi connectivity index (χ1) is 13.6. The van der Waals surface area contributed by atoms with Crippen molar-refractivity contribution in [2.45, 2.75) is 19.3 Å². The molecule has 5 rings (SSSR count). The molecule has 1 aliphatic heterocycles. The van der Waals surface area contributed by atoms with Crippen molar-refractivity contribution in [2.75, 3.05) is 11.4 Å². The number of amides is 1. The maximum Gasteiger partial charge on any atom is 0.258 e. The average molecular weight is 393 g/mol. The van der Waals surface area contributed by atoms with Gasteiger partial charge >= 0.3 is 0 Å². The first-order valence-corrected chi connectivity index (χ1v) is 9.44. The zero-order chi connectivity index (χ0) is 19.3. The summed E-state index contributed by atoms with van der Waals surface area (Å²) in [5.41, 5.74) is 3.58. The molecular weight excluding hydrogens is 376 g/mol. The van der Waals surface area contributed by atoms with Gasteiger partial charge in [0.25, 0.3) is 5.89 Å². The summed E-state index contributed by atoms with van der Waals surface area (Å²) in [7, 11) is 0. The van der Waals surface area contributed by atoms with Crippen LogP contribution < -0.4 is 4.90 Å². The van der Waals surface area contributed by atoms with Gasteiger partial charge in [-0.05, 0) is 42.1 Å². The van der Waals surface area contributed by atoms with Gasteiger partial charge in [0.15, 0.2) is 5.82 Å². The summed E-state index contributed by atoms with van der Waals surface area (Å²) in [6, 6.07) is 13.6. The first-order valence-electron chi connectivity index (χ1n) is 9.07. The molecule has 1 unspecified atom stereocenters. The second-order valence-corrected chi connectivity index (χ2v) is 7.46. The summed E-state index contributed by atoms with van der Waals surface area (Å²) in [6.45, 7) is 2.43. The smallest absolute Gasteiger partial charge is 0.258 e. The Balaban J connectivity index is 1.42. The van der Waals surface area contributed by atoms with Crippen molar-refractivity contribution in [2.24, 2.45) is 0 Å². The third-order valence-corrected chi connectivity index (χ3v) is 5.50.